The van der Waals surface area contributed by atoms with Crippen LogP contribution in [0, 0.1) is 0 Å². The van der Waals surface area contributed by atoms with Crippen LogP contribution >= 0.6 is 0 Å². The van der Waals surface area contributed by atoms with Gasteiger partial charge in [0.15, 0.2) is 5.69 Å². The van der Waals surface area contributed by atoms with Crippen molar-refractivity contribution >= 4 is 11.9 Å². The van der Waals surface area contributed by atoms with Crippen molar-refractivity contribution in [3.8, 4) is 0 Å². The van der Waals surface area contributed by atoms with Crippen LogP contribution in [0.1, 0.15) is 35.5 Å². The van der Waals surface area contributed by atoms with E-state index in [0.29, 0.717) is 5.56 Å². The maximum absolute atomic E-state index is 12.6. The minimum Gasteiger partial charge on any atom is -0.476 e. The Balaban J connectivity index is 1.95. The standard InChI is InChI=1S/C16H17F3N4O3/c1-15(2,10-3-5-11(6-4-10)16(17,18)19)9-20-13(24)8-23-7-12(14(25)26)21-22-23/h3-7H,8-9H2,1-2H3,(H,20,24)(H,25,26). The number of nitrogens with one attached hydrogen (secondary N) is 1. The summed E-state index contributed by atoms with van der Waals surface area (Å²) in [5.41, 5.74) is -0.974. The molecule has 1 aromatic heterocycles. The topological polar surface area (TPSA) is 97.1 Å². The van der Waals surface area contributed by atoms with Gasteiger partial charge in [-0.1, -0.05) is 31.2 Å². The van der Waals surface area contributed by atoms with Crippen molar-refractivity contribution in [1.29, 1.82) is 0 Å². The zero-order chi connectivity index (χ0) is 19.5. The lowest BCUT2D eigenvalue weighted by atomic mass is 9.84. The number of aromatic nitrogens is 3. The average Bonchev–Trinajstić information content (AvgIpc) is 3.01. The van der Waals surface area contributed by atoms with Crippen LogP contribution in [0.5, 0.6) is 0 Å². The number of nitrogens with zero attached hydrogens (tertiary/aromatic N) is 3. The predicted octanol–water partition coefficient (Wildman–Crippen LogP) is 2.09. The lowest BCUT2D eigenvalue weighted by molar-refractivity contribution is -0.137. The third kappa shape index (κ3) is 4.80. The van der Waals surface area contributed by atoms with Gasteiger partial charge in [0.05, 0.1) is 11.8 Å². The van der Waals surface area contributed by atoms with Crippen molar-refractivity contribution in [2.24, 2.45) is 0 Å². The zero-order valence-electron chi connectivity index (χ0n) is 14.0. The summed E-state index contributed by atoms with van der Waals surface area (Å²) in [6.07, 6.45) is -3.27. The second kappa shape index (κ2) is 7.14. The van der Waals surface area contributed by atoms with Gasteiger partial charge < -0.3 is 10.4 Å². The van der Waals surface area contributed by atoms with Gasteiger partial charge in [0.1, 0.15) is 6.54 Å². The van der Waals surface area contributed by atoms with Gasteiger partial charge in [0, 0.05) is 12.0 Å². The molecule has 2 rings (SSSR count). The predicted molar refractivity (Wildman–Crippen MR) is 84.5 cm³/mol. The summed E-state index contributed by atoms with van der Waals surface area (Å²) in [4.78, 5) is 22.7. The van der Waals surface area contributed by atoms with Gasteiger partial charge >= 0.3 is 12.1 Å². The minimum absolute atomic E-state index is 0.178. The maximum atomic E-state index is 12.6. The molecule has 1 amide bonds. The van der Waals surface area contributed by atoms with Crippen LogP contribution in [0.25, 0.3) is 0 Å². The second-order valence-electron chi connectivity index (χ2n) is 6.34. The molecule has 0 unspecified atom stereocenters. The quantitative estimate of drug-likeness (QED) is 0.812. The molecule has 0 fully saturated rings. The molecule has 140 valence electrons. The van der Waals surface area contributed by atoms with Crippen molar-refractivity contribution in [3.63, 3.8) is 0 Å². The molecule has 0 aliphatic heterocycles. The first-order valence-electron chi connectivity index (χ1n) is 7.57. The Hall–Kier alpha value is -2.91. The van der Waals surface area contributed by atoms with E-state index in [4.69, 9.17) is 5.11 Å². The normalized spacial score (nSPS) is 12.0. The lowest BCUT2D eigenvalue weighted by Gasteiger charge is -2.26. The van der Waals surface area contributed by atoms with Crippen LogP contribution in [0.15, 0.2) is 30.5 Å². The molecule has 0 aliphatic rings. The number of benzene rings is 1. The highest BCUT2D eigenvalue weighted by Crippen LogP contribution is 2.31. The van der Waals surface area contributed by atoms with Gasteiger partial charge in [-0.2, -0.15) is 13.2 Å². The monoisotopic (exact) mass is 370 g/mol. The van der Waals surface area contributed by atoms with Crippen LogP contribution in [0.2, 0.25) is 0 Å². The van der Waals surface area contributed by atoms with Crippen LogP contribution in [0.3, 0.4) is 0 Å². The van der Waals surface area contributed by atoms with Gasteiger partial charge in [-0.25, -0.2) is 9.48 Å². The van der Waals surface area contributed by atoms with Gasteiger partial charge in [-0.3, -0.25) is 4.79 Å². The van der Waals surface area contributed by atoms with E-state index in [-0.39, 0.29) is 18.8 Å². The van der Waals surface area contributed by atoms with Gasteiger partial charge in [-0.15, -0.1) is 5.10 Å². The SMILES string of the molecule is CC(C)(CNC(=O)Cn1cc(C(=O)O)nn1)c1ccc(C(F)(F)F)cc1. The number of carboxylic acids is 1. The van der Waals surface area contributed by atoms with E-state index in [1.807, 2.05) is 0 Å². The number of alkyl halides is 3. The molecule has 10 heteroatoms. The molecule has 0 bridgehead atoms. The summed E-state index contributed by atoms with van der Waals surface area (Å²) >= 11 is 0. The largest absolute Gasteiger partial charge is 0.476 e. The third-order valence-corrected chi connectivity index (χ3v) is 3.78. The van der Waals surface area contributed by atoms with Crippen molar-refractivity contribution in [2.75, 3.05) is 6.54 Å². The second-order valence-corrected chi connectivity index (χ2v) is 6.34. The summed E-state index contributed by atoms with van der Waals surface area (Å²) in [6.45, 7) is 3.53. The molecule has 2 aromatic rings. The molecule has 1 aromatic carbocycles. The fraction of sp³-hybridized carbons (Fsp3) is 0.375. The van der Waals surface area contributed by atoms with E-state index < -0.39 is 29.0 Å². The highest BCUT2D eigenvalue weighted by Gasteiger charge is 2.31. The molecule has 7 nitrogen and oxygen atoms in total. The summed E-state index contributed by atoms with van der Waals surface area (Å²) < 4.78 is 39.0. The van der Waals surface area contributed by atoms with E-state index in [2.05, 4.69) is 15.6 Å². The molecule has 26 heavy (non-hydrogen) atoms. The van der Waals surface area contributed by atoms with E-state index in [1.165, 1.54) is 12.1 Å². The molecule has 0 spiro atoms. The summed E-state index contributed by atoms with van der Waals surface area (Å²) in [5.74, 6) is -1.67. The first-order chi connectivity index (χ1) is 12.0. The molecule has 0 saturated heterocycles. The number of hydrogen-bond acceptors (Lipinski definition) is 4. The summed E-state index contributed by atoms with van der Waals surface area (Å²) in [5, 5.41) is 18.3. The van der Waals surface area contributed by atoms with Gasteiger partial charge in [-0.05, 0) is 17.7 Å². The number of carboxylic acid groups (broad SMARTS) is 1. The summed E-state index contributed by atoms with van der Waals surface area (Å²) in [6, 6.07) is 4.76. The molecular formula is C16H17F3N4O3. The van der Waals surface area contributed by atoms with Crippen molar-refractivity contribution in [2.45, 2.75) is 32.0 Å². The number of rotatable bonds is 6. The Morgan fingerprint density at radius 1 is 1.15 bits per heavy atom. The molecular weight excluding hydrogens is 353 g/mol. The maximum Gasteiger partial charge on any atom is 0.416 e. The Kier molecular flexibility index (Phi) is 5.33. The Labute approximate surface area is 146 Å². The fourth-order valence-corrected chi connectivity index (χ4v) is 2.21. The average molecular weight is 370 g/mol. The number of carbonyl (C=O) groups is 2. The number of halogens is 3. The number of hydrogen-bond donors (Lipinski definition) is 2. The first kappa shape index (κ1) is 19.4. The first-order valence-corrected chi connectivity index (χ1v) is 7.57. The molecule has 0 atom stereocenters. The van der Waals surface area contributed by atoms with Crippen LogP contribution < -0.4 is 5.32 Å². The Bertz CT molecular complexity index is 798. The van der Waals surface area contributed by atoms with E-state index in [0.717, 1.165) is 23.0 Å². The van der Waals surface area contributed by atoms with Crippen LogP contribution in [-0.4, -0.2) is 38.5 Å². The molecule has 0 saturated carbocycles. The van der Waals surface area contributed by atoms with Gasteiger partial charge in [0.2, 0.25) is 5.91 Å². The molecule has 2 N–H and O–H groups in total. The van der Waals surface area contributed by atoms with E-state index >= 15 is 0 Å². The lowest BCUT2D eigenvalue weighted by Crippen LogP contribution is -2.38. The molecule has 1 heterocycles. The smallest absolute Gasteiger partial charge is 0.416 e. The zero-order valence-corrected chi connectivity index (χ0v) is 14.0. The van der Waals surface area contributed by atoms with Crippen molar-refractivity contribution in [3.05, 3.63) is 47.3 Å². The molecule has 0 radical (unpaired) electrons. The Morgan fingerprint density at radius 3 is 2.23 bits per heavy atom. The minimum atomic E-state index is -4.40. The van der Waals surface area contributed by atoms with Crippen molar-refractivity contribution in [1.82, 2.24) is 20.3 Å². The third-order valence-electron chi connectivity index (χ3n) is 3.78. The fourth-order valence-electron chi connectivity index (χ4n) is 2.21. The highest BCUT2D eigenvalue weighted by atomic mass is 19.4. The van der Waals surface area contributed by atoms with Crippen LogP contribution in [-0.2, 0) is 22.9 Å². The Morgan fingerprint density at radius 2 is 1.73 bits per heavy atom. The van der Waals surface area contributed by atoms with E-state index in [9.17, 15) is 22.8 Å². The number of aromatic carboxylic acids is 1. The van der Waals surface area contributed by atoms with Gasteiger partial charge in [0.25, 0.3) is 0 Å². The summed E-state index contributed by atoms with van der Waals surface area (Å²) in [7, 11) is 0. The molecule has 0 aliphatic carbocycles. The number of amides is 1. The van der Waals surface area contributed by atoms with E-state index in [1.54, 1.807) is 13.8 Å². The van der Waals surface area contributed by atoms with Crippen molar-refractivity contribution < 1.29 is 27.9 Å². The number of carbonyl (C=O) groups excluding carboxylic acids is 1. The highest BCUT2D eigenvalue weighted by molar-refractivity contribution is 5.84. The van der Waals surface area contributed by atoms with Crippen LogP contribution in [0.4, 0.5) is 13.2 Å².